The molecule has 24 heavy (non-hydrogen) atoms. The van der Waals surface area contributed by atoms with E-state index in [2.05, 4.69) is 20.6 Å². The summed E-state index contributed by atoms with van der Waals surface area (Å²) in [4.78, 5) is 8.27. The van der Waals surface area contributed by atoms with Crippen molar-refractivity contribution in [3.05, 3.63) is 70.3 Å². The Morgan fingerprint density at radius 1 is 0.875 bits per heavy atom. The summed E-state index contributed by atoms with van der Waals surface area (Å²) in [7, 11) is 0. The van der Waals surface area contributed by atoms with E-state index in [9.17, 15) is 8.78 Å². The van der Waals surface area contributed by atoms with Crippen LogP contribution in [0.15, 0.2) is 48.7 Å². The Labute approximate surface area is 146 Å². The minimum Gasteiger partial charge on any atom is -0.339 e. The van der Waals surface area contributed by atoms with Crippen LogP contribution in [0.5, 0.6) is 0 Å². The number of nitrogens with one attached hydrogen (secondary N) is 2. The van der Waals surface area contributed by atoms with Crippen LogP contribution < -0.4 is 10.6 Å². The number of rotatable bonds is 4. The monoisotopic (exact) mass is 366 g/mol. The second-order valence-corrected chi connectivity index (χ2v) is 5.61. The van der Waals surface area contributed by atoms with Crippen LogP contribution in [0.2, 0.25) is 10.0 Å². The summed E-state index contributed by atoms with van der Waals surface area (Å²) in [5.74, 6) is -1.19. The zero-order valence-electron chi connectivity index (χ0n) is 12.0. The van der Waals surface area contributed by atoms with Crippen LogP contribution in [0.1, 0.15) is 0 Å². The molecule has 3 rings (SSSR count). The quantitative estimate of drug-likeness (QED) is 0.635. The summed E-state index contributed by atoms with van der Waals surface area (Å²) in [5, 5.41) is 6.79. The first kappa shape index (κ1) is 16.4. The van der Waals surface area contributed by atoms with E-state index in [1.54, 1.807) is 24.3 Å². The lowest BCUT2D eigenvalue weighted by Gasteiger charge is -2.10. The summed E-state index contributed by atoms with van der Waals surface area (Å²) in [6.07, 6.45) is 1.52. The number of benzene rings is 2. The number of aromatic nitrogens is 2. The molecule has 0 aliphatic carbocycles. The molecule has 0 fully saturated rings. The fraction of sp³-hybridized carbons (Fsp3) is 0. The smallest absolute Gasteiger partial charge is 0.229 e. The predicted octanol–water partition coefficient (Wildman–Crippen LogP) is 5.55. The van der Waals surface area contributed by atoms with Crippen LogP contribution in [0.25, 0.3) is 0 Å². The van der Waals surface area contributed by atoms with Crippen molar-refractivity contribution in [1.82, 2.24) is 9.97 Å². The standard InChI is InChI=1S/C16H10Cl2F2N4/c17-9-1-4-14(11(18)7-9)23-15-5-6-21-16(24-15)22-10-2-3-12(19)13(20)8-10/h1-8H,(H2,21,22,23,24). The van der Waals surface area contributed by atoms with E-state index < -0.39 is 11.6 Å². The Morgan fingerprint density at radius 2 is 1.71 bits per heavy atom. The highest BCUT2D eigenvalue weighted by Gasteiger charge is 2.06. The van der Waals surface area contributed by atoms with Crippen molar-refractivity contribution in [3.63, 3.8) is 0 Å². The van der Waals surface area contributed by atoms with Crippen molar-refractivity contribution in [2.24, 2.45) is 0 Å². The minimum absolute atomic E-state index is 0.219. The van der Waals surface area contributed by atoms with Crippen molar-refractivity contribution >= 4 is 46.3 Å². The van der Waals surface area contributed by atoms with Gasteiger partial charge in [-0.2, -0.15) is 4.98 Å². The highest BCUT2D eigenvalue weighted by Crippen LogP contribution is 2.28. The van der Waals surface area contributed by atoms with Gasteiger partial charge in [-0.05, 0) is 36.4 Å². The molecular formula is C16H10Cl2F2N4. The molecule has 0 atom stereocenters. The zero-order chi connectivity index (χ0) is 17.1. The molecule has 4 nitrogen and oxygen atoms in total. The lowest BCUT2D eigenvalue weighted by atomic mass is 10.3. The number of nitrogens with zero attached hydrogens (tertiary/aromatic N) is 2. The van der Waals surface area contributed by atoms with Gasteiger partial charge in [-0.3, -0.25) is 0 Å². The third-order valence-electron chi connectivity index (χ3n) is 3.03. The summed E-state index contributed by atoms with van der Waals surface area (Å²) in [5.41, 5.74) is 0.953. The summed E-state index contributed by atoms with van der Waals surface area (Å²) in [6.45, 7) is 0. The first-order chi connectivity index (χ1) is 11.5. The highest BCUT2D eigenvalue weighted by atomic mass is 35.5. The van der Waals surface area contributed by atoms with E-state index >= 15 is 0 Å². The molecule has 1 heterocycles. The maximum Gasteiger partial charge on any atom is 0.229 e. The van der Waals surface area contributed by atoms with E-state index in [0.29, 0.717) is 27.2 Å². The average molecular weight is 367 g/mol. The lowest BCUT2D eigenvalue weighted by molar-refractivity contribution is 0.509. The van der Waals surface area contributed by atoms with Gasteiger partial charge in [0, 0.05) is 23.0 Å². The fourth-order valence-corrected chi connectivity index (χ4v) is 2.38. The van der Waals surface area contributed by atoms with Crippen molar-refractivity contribution in [2.45, 2.75) is 0 Å². The van der Waals surface area contributed by atoms with Crippen LogP contribution >= 0.6 is 23.2 Å². The van der Waals surface area contributed by atoms with Crippen LogP contribution in [0, 0.1) is 11.6 Å². The molecule has 0 bridgehead atoms. The van der Waals surface area contributed by atoms with Gasteiger partial charge in [0.25, 0.3) is 0 Å². The van der Waals surface area contributed by atoms with Crippen LogP contribution in [-0.4, -0.2) is 9.97 Å². The molecule has 0 spiro atoms. The first-order valence-corrected chi connectivity index (χ1v) is 7.54. The summed E-state index contributed by atoms with van der Waals surface area (Å²) >= 11 is 12.0. The molecule has 0 radical (unpaired) electrons. The molecule has 122 valence electrons. The number of anilines is 4. The molecule has 8 heteroatoms. The maximum absolute atomic E-state index is 13.2. The van der Waals surface area contributed by atoms with E-state index in [4.69, 9.17) is 23.2 Å². The van der Waals surface area contributed by atoms with Crippen LogP contribution in [-0.2, 0) is 0 Å². The number of halogens is 4. The van der Waals surface area contributed by atoms with Gasteiger partial charge in [-0.25, -0.2) is 13.8 Å². The Hall–Kier alpha value is -2.44. The average Bonchev–Trinajstić information content (AvgIpc) is 2.54. The molecule has 0 unspecified atom stereocenters. The Bertz CT molecular complexity index is 890. The Morgan fingerprint density at radius 3 is 2.46 bits per heavy atom. The van der Waals surface area contributed by atoms with E-state index in [1.165, 1.54) is 12.3 Å². The molecule has 0 amide bonds. The molecule has 2 aromatic carbocycles. The normalized spacial score (nSPS) is 10.5. The number of hydrogen-bond acceptors (Lipinski definition) is 4. The van der Waals surface area contributed by atoms with Crippen molar-refractivity contribution in [2.75, 3.05) is 10.6 Å². The van der Waals surface area contributed by atoms with E-state index in [-0.39, 0.29) is 5.95 Å². The van der Waals surface area contributed by atoms with Gasteiger partial charge in [0.1, 0.15) is 5.82 Å². The van der Waals surface area contributed by atoms with Crippen molar-refractivity contribution in [1.29, 1.82) is 0 Å². The van der Waals surface area contributed by atoms with Gasteiger partial charge >= 0.3 is 0 Å². The molecule has 0 aliphatic heterocycles. The molecule has 3 aromatic rings. The molecule has 0 aliphatic rings. The second-order valence-electron chi connectivity index (χ2n) is 4.77. The zero-order valence-corrected chi connectivity index (χ0v) is 13.5. The molecule has 1 aromatic heterocycles. The van der Waals surface area contributed by atoms with Gasteiger partial charge in [-0.1, -0.05) is 23.2 Å². The largest absolute Gasteiger partial charge is 0.339 e. The first-order valence-electron chi connectivity index (χ1n) is 6.78. The van der Waals surface area contributed by atoms with Crippen molar-refractivity contribution < 1.29 is 8.78 Å². The Kier molecular flexibility index (Phi) is 4.78. The SMILES string of the molecule is Fc1ccc(Nc2nccc(Nc3ccc(Cl)cc3Cl)n2)cc1F. The molecule has 0 saturated heterocycles. The van der Waals surface area contributed by atoms with Gasteiger partial charge in [0.15, 0.2) is 11.6 Å². The van der Waals surface area contributed by atoms with Gasteiger partial charge in [-0.15, -0.1) is 0 Å². The third-order valence-corrected chi connectivity index (χ3v) is 3.57. The molecular weight excluding hydrogens is 357 g/mol. The third kappa shape index (κ3) is 3.90. The second kappa shape index (κ2) is 6.98. The summed E-state index contributed by atoms with van der Waals surface area (Å²) in [6, 6.07) is 10.1. The maximum atomic E-state index is 13.2. The Balaban J connectivity index is 1.79. The number of hydrogen-bond donors (Lipinski definition) is 2. The van der Waals surface area contributed by atoms with Crippen LogP contribution in [0.4, 0.5) is 31.9 Å². The topological polar surface area (TPSA) is 49.8 Å². The highest BCUT2D eigenvalue weighted by molar-refractivity contribution is 6.36. The predicted molar refractivity (Wildman–Crippen MR) is 91.4 cm³/mol. The molecule has 0 saturated carbocycles. The lowest BCUT2D eigenvalue weighted by Crippen LogP contribution is -2.01. The van der Waals surface area contributed by atoms with Gasteiger partial charge < -0.3 is 10.6 Å². The van der Waals surface area contributed by atoms with E-state index in [1.807, 2.05) is 0 Å². The minimum atomic E-state index is -0.956. The van der Waals surface area contributed by atoms with Crippen LogP contribution in [0.3, 0.4) is 0 Å². The fourth-order valence-electron chi connectivity index (χ4n) is 1.92. The van der Waals surface area contributed by atoms with Gasteiger partial charge in [0.05, 0.1) is 10.7 Å². The van der Waals surface area contributed by atoms with E-state index in [0.717, 1.165) is 12.1 Å². The van der Waals surface area contributed by atoms with Gasteiger partial charge in [0.2, 0.25) is 5.95 Å². The summed E-state index contributed by atoms with van der Waals surface area (Å²) < 4.78 is 26.2. The molecule has 2 N–H and O–H groups in total. The van der Waals surface area contributed by atoms with Crippen molar-refractivity contribution in [3.8, 4) is 0 Å².